The van der Waals surface area contributed by atoms with Crippen molar-refractivity contribution in [3.63, 3.8) is 0 Å². The first-order valence-corrected chi connectivity index (χ1v) is 12.3. The standard InChI is InChI=1S/C26H21ClFN7O3/c1-38-22-12-21(26(37)31-16-4-6-18-14(9-16)3-2-8-29-18)35-20(22)10-15(11-23(35)36)24-19(34-13-30-32-33-34)7-5-17(27)25(24)28/h2-9,11,13,20-22H,10,12H2,1H3,(H,31,37)/t20?,21-,22+/m0/s1. The summed E-state index contributed by atoms with van der Waals surface area (Å²) in [6.45, 7) is 0. The van der Waals surface area contributed by atoms with Crippen molar-refractivity contribution in [3.8, 4) is 5.69 Å². The molecule has 2 aromatic heterocycles. The molecule has 6 rings (SSSR count). The second kappa shape index (κ2) is 9.58. The number of amides is 2. The summed E-state index contributed by atoms with van der Waals surface area (Å²) < 4.78 is 22.4. The van der Waals surface area contributed by atoms with Crippen LogP contribution in [-0.2, 0) is 14.3 Å². The number of tetrazole rings is 1. The molecule has 4 heterocycles. The Morgan fingerprint density at radius 3 is 2.89 bits per heavy atom. The zero-order chi connectivity index (χ0) is 26.4. The fraction of sp³-hybridized carbons (Fsp3) is 0.231. The van der Waals surface area contributed by atoms with Gasteiger partial charge in [-0.05, 0) is 58.8 Å². The normalized spacial score (nSPS) is 20.9. The minimum absolute atomic E-state index is 0.0924. The Bertz CT molecular complexity index is 1590. The van der Waals surface area contributed by atoms with Crippen LogP contribution in [0, 0.1) is 5.82 Å². The number of hydrogen-bond donors (Lipinski definition) is 1. The van der Waals surface area contributed by atoms with Gasteiger partial charge < -0.3 is 15.0 Å². The summed E-state index contributed by atoms with van der Waals surface area (Å²) >= 11 is 6.11. The van der Waals surface area contributed by atoms with E-state index in [2.05, 4.69) is 25.8 Å². The summed E-state index contributed by atoms with van der Waals surface area (Å²) in [6.07, 6.45) is 4.50. The maximum absolute atomic E-state index is 15.4. The number of hydrogen-bond acceptors (Lipinski definition) is 7. The molecule has 0 aliphatic carbocycles. The molecule has 12 heteroatoms. The van der Waals surface area contributed by atoms with Gasteiger partial charge in [-0.15, -0.1) is 5.10 Å². The Hall–Kier alpha value is -4.22. The number of benzene rings is 2. The first kappa shape index (κ1) is 24.1. The largest absolute Gasteiger partial charge is 0.379 e. The Morgan fingerprint density at radius 1 is 1.24 bits per heavy atom. The first-order valence-electron chi connectivity index (χ1n) is 11.9. The molecule has 2 aliphatic rings. The third-order valence-corrected chi connectivity index (χ3v) is 7.32. The van der Waals surface area contributed by atoms with Crippen molar-refractivity contribution in [2.24, 2.45) is 0 Å². The van der Waals surface area contributed by atoms with Crippen molar-refractivity contribution in [3.05, 3.63) is 77.5 Å². The van der Waals surface area contributed by atoms with E-state index in [0.717, 1.165) is 10.9 Å². The number of carbonyl (C=O) groups excluding carboxylic acids is 2. The fourth-order valence-electron chi connectivity index (χ4n) is 5.30. The van der Waals surface area contributed by atoms with Crippen LogP contribution in [0.1, 0.15) is 18.4 Å². The van der Waals surface area contributed by atoms with Gasteiger partial charge in [-0.2, -0.15) is 4.68 Å². The Morgan fingerprint density at radius 2 is 2.11 bits per heavy atom. The summed E-state index contributed by atoms with van der Waals surface area (Å²) in [4.78, 5) is 32.6. The quantitative estimate of drug-likeness (QED) is 0.418. The third-order valence-electron chi connectivity index (χ3n) is 7.02. The lowest BCUT2D eigenvalue weighted by Crippen LogP contribution is -2.49. The highest BCUT2D eigenvalue weighted by Gasteiger charge is 2.49. The maximum Gasteiger partial charge on any atom is 0.247 e. The van der Waals surface area contributed by atoms with Crippen LogP contribution in [-0.4, -0.2) is 67.2 Å². The van der Waals surface area contributed by atoms with E-state index in [1.165, 1.54) is 35.2 Å². The van der Waals surface area contributed by atoms with Gasteiger partial charge >= 0.3 is 0 Å². The number of nitrogens with zero attached hydrogens (tertiary/aromatic N) is 6. The Labute approximate surface area is 221 Å². The fourth-order valence-corrected chi connectivity index (χ4v) is 5.46. The van der Waals surface area contributed by atoms with Crippen LogP contribution in [0.3, 0.4) is 0 Å². The van der Waals surface area contributed by atoms with Crippen molar-refractivity contribution in [1.29, 1.82) is 0 Å². The smallest absolute Gasteiger partial charge is 0.247 e. The Kier molecular flexibility index (Phi) is 6.09. The van der Waals surface area contributed by atoms with Crippen LogP contribution >= 0.6 is 11.6 Å². The molecule has 3 atom stereocenters. The van der Waals surface area contributed by atoms with E-state index in [0.29, 0.717) is 23.4 Å². The van der Waals surface area contributed by atoms with Gasteiger partial charge in [0, 0.05) is 42.4 Å². The van der Waals surface area contributed by atoms with Gasteiger partial charge in [0.1, 0.15) is 12.4 Å². The van der Waals surface area contributed by atoms with E-state index >= 15 is 4.39 Å². The highest BCUT2D eigenvalue weighted by atomic mass is 35.5. The number of halogens is 2. The zero-order valence-electron chi connectivity index (χ0n) is 20.1. The highest BCUT2D eigenvalue weighted by Crippen LogP contribution is 2.41. The van der Waals surface area contributed by atoms with E-state index < -0.39 is 29.9 Å². The first-order chi connectivity index (χ1) is 18.4. The van der Waals surface area contributed by atoms with Gasteiger partial charge in [-0.25, -0.2) is 4.39 Å². The SMILES string of the molecule is CO[C@@H]1C[C@@H](C(=O)Nc2ccc3ncccc3c2)N2C(=O)C=C(c3c(-n4cnnn4)ccc(Cl)c3F)CC12. The topological polar surface area (TPSA) is 115 Å². The molecule has 2 aliphatic heterocycles. The molecule has 4 aromatic rings. The summed E-state index contributed by atoms with van der Waals surface area (Å²) in [6, 6.07) is 10.9. The maximum atomic E-state index is 15.4. The van der Waals surface area contributed by atoms with Crippen molar-refractivity contribution < 1.29 is 18.7 Å². The molecular weight excluding hydrogens is 513 g/mol. The lowest BCUT2D eigenvalue weighted by atomic mass is 9.91. The van der Waals surface area contributed by atoms with Gasteiger partial charge in [-0.1, -0.05) is 17.7 Å². The number of pyridine rings is 1. The van der Waals surface area contributed by atoms with Gasteiger partial charge in [0.15, 0.2) is 5.82 Å². The molecule has 0 bridgehead atoms. The number of carbonyl (C=O) groups is 2. The van der Waals surface area contributed by atoms with Crippen LogP contribution in [0.2, 0.25) is 5.02 Å². The number of fused-ring (bicyclic) bond motifs is 2. The molecule has 38 heavy (non-hydrogen) atoms. The van der Waals surface area contributed by atoms with E-state index in [4.69, 9.17) is 16.3 Å². The third kappa shape index (κ3) is 4.09. The molecule has 0 saturated carbocycles. The van der Waals surface area contributed by atoms with Gasteiger partial charge in [0.2, 0.25) is 11.8 Å². The highest BCUT2D eigenvalue weighted by molar-refractivity contribution is 6.31. The molecule has 1 unspecified atom stereocenters. The predicted octanol–water partition coefficient (Wildman–Crippen LogP) is 3.41. The molecule has 0 radical (unpaired) electrons. The molecule has 2 amide bonds. The molecule has 1 N–H and O–H groups in total. The molecular formula is C26H21ClFN7O3. The van der Waals surface area contributed by atoms with Crippen LogP contribution in [0.25, 0.3) is 22.2 Å². The summed E-state index contributed by atoms with van der Waals surface area (Å²) in [5, 5.41) is 14.8. The average Bonchev–Trinajstić information content (AvgIpc) is 3.58. The minimum atomic E-state index is -0.761. The number of ether oxygens (including phenoxy) is 1. The summed E-state index contributed by atoms with van der Waals surface area (Å²) in [5.41, 5.74) is 2.30. The van der Waals surface area contributed by atoms with Crippen molar-refractivity contribution in [1.82, 2.24) is 30.1 Å². The number of nitrogens with one attached hydrogen (secondary N) is 1. The van der Waals surface area contributed by atoms with Crippen molar-refractivity contribution in [2.75, 3.05) is 12.4 Å². The van der Waals surface area contributed by atoms with E-state index in [9.17, 15) is 9.59 Å². The van der Waals surface area contributed by atoms with Crippen LogP contribution in [0.15, 0.2) is 61.1 Å². The van der Waals surface area contributed by atoms with Crippen LogP contribution in [0.5, 0.6) is 0 Å². The molecule has 0 spiro atoms. The molecule has 1 fully saturated rings. The molecule has 1 saturated heterocycles. The predicted molar refractivity (Wildman–Crippen MR) is 137 cm³/mol. The monoisotopic (exact) mass is 533 g/mol. The number of aromatic nitrogens is 5. The Balaban J connectivity index is 1.32. The zero-order valence-corrected chi connectivity index (χ0v) is 20.8. The average molecular weight is 534 g/mol. The van der Waals surface area contributed by atoms with E-state index in [1.807, 2.05) is 24.3 Å². The van der Waals surface area contributed by atoms with Gasteiger partial charge in [0.05, 0.1) is 28.4 Å². The second-order valence-corrected chi connectivity index (χ2v) is 9.53. The number of anilines is 1. The molecule has 10 nitrogen and oxygen atoms in total. The van der Waals surface area contributed by atoms with Crippen molar-refractivity contribution in [2.45, 2.75) is 31.0 Å². The lowest BCUT2D eigenvalue weighted by molar-refractivity contribution is -0.135. The number of methoxy groups -OCH3 is 1. The number of rotatable bonds is 5. The van der Waals surface area contributed by atoms with Crippen LogP contribution < -0.4 is 5.32 Å². The summed E-state index contributed by atoms with van der Waals surface area (Å²) in [5.74, 6) is -1.42. The van der Waals surface area contributed by atoms with Gasteiger partial charge in [0.25, 0.3) is 0 Å². The van der Waals surface area contributed by atoms with Crippen molar-refractivity contribution >= 4 is 45.6 Å². The molecule has 2 aromatic carbocycles. The lowest BCUT2D eigenvalue weighted by Gasteiger charge is -2.34. The van der Waals surface area contributed by atoms with Gasteiger partial charge in [-0.3, -0.25) is 14.6 Å². The second-order valence-electron chi connectivity index (χ2n) is 9.12. The van der Waals surface area contributed by atoms with E-state index in [-0.39, 0.29) is 22.9 Å². The van der Waals surface area contributed by atoms with E-state index in [1.54, 1.807) is 18.3 Å². The minimum Gasteiger partial charge on any atom is -0.379 e. The van der Waals surface area contributed by atoms with Crippen LogP contribution in [0.4, 0.5) is 10.1 Å². The molecule has 192 valence electrons. The summed E-state index contributed by atoms with van der Waals surface area (Å²) in [7, 11) is 1.54.